The number of benzene rings is 1. The third-order valence-electron chi connectivity index (χ3n) is 3.81. The molecule has 0 amide bonds. The number of rotatable bonds is 5. The molecule has 18 heavy (non-hydrogen) atoms. The SMILES string of the molecule is CC[C@@H](N)c1ccc(N2CCC(COC)C2)cc1. The molecule has 1 aliphatic heterocycles. The highest BCUT2D eigenvalue weighted by molar-refractivity contribution is 5.48. The lowest BCUT2D eigenvalue weighted by Crippen LogP contribution is -2.21. The molecule has 0 bridgehead atoms. The Balaban J connectivity index is 1.98. The zero-order valence-electron chi connectivity index (χ0n) is 11.4. The van der Waals surface area contributed by atoms with E-state index in [1.54, 1.807) is 7.11 Å². The van der Waals surface area contributed by atoms with Crippen molar-refractivity contribution in [2.75, 3.05) is 31.7 Å². The minimum Gasteiger partial charge on any atom is -0.384 e. The molecule has 1 aliphatic rings. The topological polar surface area (TPSA) is 38.5 Å². The molecule has 100 valence electrons. The lowest BCUT2D eigenvalue weighted by atomic mass is 10.1. The van der Waals surface area contributed by atoms with Gasteiger partial charge in [-0.2, -0.15) is 0 Å². The second-order valence-corrected chi connectivity index (χ2v) is 5.16. The number of anilines is 1. The van der Waals surface area contributed by atoms with Crippen molar-refractivity contribution in [2.24, 2.45) is 11.7 Å². The largest absolute Gasteiger partial charge is 0.384 e. The van der Waals surface area contributed by atoms with Crippen LogP contribution in [0.15, 0.2) is 24.3 Å². The summed E-state index contributed by atoms with van der Waals surface area (Å²) in [6, 6.07) is 8.87. The monoisotopic (exact) mass is 248 g/mol. The molecule has 2 atom stereocenters. The highest BCUT2D eigenvalue weighted by atomic mass is 16.5. The fourth-order valence-electron chi connectivity index (χ4n) is 2.61. The standard InChI is InChI=1S/C15H24N2O/c1-3-15(16)13-4-6-14(7-5-13)17-9-8-12(10-17)11-18-2/h4-7,12,15H,3,8-11,16H2,1-2H3/t12?,15-/m1/s1. The number of hydrogen-bond donors (Lipinski definition) is 1. The Labute approximate surface area is 110 Å². The fourth-order valence-corrected chi connectivity index (χ4v) is 2.61. The maximum Gasteiger partial charge on any atom is 0.0508 e. The summed E-state index contributed by atoms with van der Waals surface area (Å²) in [6.45, 7) is 5.23. The molecule has 1 aromatic carbocycles. The fraction of sp³-hybridized carbons (Fsp3) is 0.600. The molecule has 0 saturated carbocycles. The smallest absolute Gasteiger partial charge is 0.0508 e. The second-order valence-electron chi connectivity index (χ2n) is 5.16. The molecule has 0 aliphatic carbocycles. The van der Waals surface area contributed by atoms with E-state index in [9.17, 15) is 0 Å². The molecule has 3 heteroatoms. The van der Waals surface area contributed by atoms with Crippen LogP contribution in [0.1, 0.15) is 31.4 Å². The lowest BCUT2D eigenvalue weighted by Gasteiger charge is -2.19. The van der Waals surface area contributed by atoms with Gasteiger partial charge in [-0.15, -0.1) is 0 Å². The van der Waals surface area contributed by atoms with Crippen LogP contribution in [-0.4, -0.2) is 26.8 Å². The normalized spacial score (nSPS) is 21.3. The molecule has 1 saturated heterocycles. The van der Waals surface area contributed by atoms with Gasteiger partial charge in [0.2, 0.25) is 0 Å². The van der Waals surface area contributed by atoms with Gasteiger partial charge < -0.3 is 15.4 Å². The summed E-state index contributed by atoms with van der Waals surface area (Å²) in [5.41, 5.74) is 8.57. The Bertz CT molecular complexity index is 363. The molecule has 0 spiro atoms. The van der Waals surface area contributed by atoms with Crippen LogP contribution in [-0.2, 0) is 4.74 Å². The number of nitrogens with zero attached hydrogens (tertiary/aromatic N) is 1. The van der Waals surface area contributed by atoms with Gasteiger partial charge in [0, 0.05) is 37.8 Å². The molecule has 0 aromatic heterocycles. The molecular weight excluding hydrogens is 224 g/mol. The van der Waals surface area contributed by atoms with Crippen LogP contribution in [0, 0.1) is 5.92 Å². The Morgan fingerprint density at radius 3 is 2.72 bits per heavy atom. The Hall–Kier alpha value is -1.06. The summed E-state index contributed by atoms with van der Waals surface area (Å²) in [6.07, 6.45) is 2.21. The third-order valence-corrected chi connectivity index (χ3v) is 3.81. The predicted octanol–water partition coefficient (Wildman–Crippen LogP) is 2.57. The van der Waals surface area contributed by atoms with E-state index in [1.165, 1.54) is 17.7 Å². The van der Waals surface area contributed by atoms with Gasteiger partial charge >= 0.3 is 0 Å². The summed E-state index contributed by atoms with van der Waals surface area (Å²) >= 11 is 0. The molecule has 1 fully saturated rings. The van der Waals surface area contributed by atoms with Crippen molar-refractivity contribution in [3.63, 3.8) is 0 Å². The van der Waals surface area contributed by atoms with Crippen molar-refractivity contribution >= 4 is 5.69 Å². The van der Waals surface area contributed by atoms with Crippen LogP contribution in [0.25, 0.3) is 0 Å². The quantitative estimate of drug-likeness (QED) is 0.870. The predicted molar refractivity (Wildman–Crippen MR) is 75.9 cm³/mol. The van der Waals surface area contributed by atoms with Crippen molar-refractivity contribution in [2.45, 2.75) is 25.8 Å². The highest BCUT2D eigenvalue weighted by Crippen LogP contribution is 2.25. The zero-order valence-corrected chi connectivity index (χ0v) is 11.4. The maximum absolute atomic E-state index is 6.03. The zero-order chi connectivity index (χ0) is 13.0. The van der Waals surface area contributed by atoms with Crippen LogP contribution >= 0.6 is 0 Å². The van der Waals surface area contributed by atoms with E-state index in [0.717, 1.165) is 26.1 Å². The Kier molecular flexibility index (Phi) is 4.61. The number of methoxy groups -OCH3 is 1. The van der Waals surface area contributed by atoms with E-state index in [2.05, 4.69) is 36.1 Å². The van der Waals surface area contributed by atoms with E-state index < -0.39 is 0 Å². The van der Waals surface area contributed by atoms with Crippen molar-refractivity contribution in [3.8, 4) is 0 Å². The van der Waals surface area contributed by atoms with Crippen LogP contribution in [0.4, 0.5) is 5.69 Å². The van der Waals surface area contributed by atoms with Gasteiger partial charge in [-0.1, -0.05) is 19.1 Å². The van der Waals surface area contributed by atoms with Gasteiger partial charge in [-0.3, -0.25) is 0 Å². The van der Waals surface area contributed by atoms with Crippen LogP contribution in [0.2, 0.25) is 0 Å². The molecule has 0 radical (unpaired) electrons. The minimum atomic E-state index is 0.166. The number of hydrogen-bond acceptors (Lipinski definition) is 3. The average Bonchev–Trinajstić information content (AvgIpc) is 2.87. The maximum atomic E-state index is 6.03. The van der Waals surface area contributed by atoms with Gasteiger partial charge in [0.25, 0.3) is 0 Å². The first-order valence-electron chi connectivity index (χ1n) is 6.84. The van der Waals surface area contributed by atoms with Crippen molar-refractivity contribution in [3.05, 3.63) is 29.8 Å². The first kappa shape index (κ1) is 13.4. The van der Waals surface area contributed by atoms with E-state index in [0.29, 0.717) is 5.92 Å². The van der Waals surface area contributed by atoms with E-state index >= 15 is 0 Å². The van der Waals surface area contributed by atoms with Gasteiger partial charge in [-0.25, -0.2) is 0 Å². The first-order chi connectivity index (χ1) is 8.74. The highest BCUT2D eigenvalue weighted by Gasteiger charge is 2.22. The molecular formula is C15H24N2O. The van der Waals surface area contributed by atoms with Crippen LogP contribution < -0.4 is 10.6 Å². The lowest BCUT2D eigenvalue weighted by molar-refractivity contribution is 0.161. The first-order valence-corrected chi connectivity index (χ1v) is 6.84. The summed E-state index contributed by atoms with van der Waals surface area (Å²) in [5, 5.41) is 0. The molecule has 2 rings (SSSR count). The molecule has 2 N–H and O–H groups in total. The van der Waals surface area contributed by atoms with Crippen molar-refractivity contribution < 1.29 is 4.74 Å². The van der Waals surface area contributed by atoms with E-state index in [-0.39, 0.29) is 6.04 Å². The third kappa shape index (κ3) is 3.03. The van der Waals surface area contributed by atoms with E-state index in [1.807, 2.05) is 0 Å². The van der Waals surface area contributed by atoms with Crippen molar-refractivity contribution in [1.29, 1.82) is 0 Å². The number of nitrogens with two attached hydrogens (primary N) is 1. The van der Waals surface area contributed by atoms with Gasteiger partial charge in [-0.05, 0) is 30.5 Å². The minimum absolute atomic E-state index is 0.166. The van der Waals surface area contributed by atoms with Gasteiger partial charge in [0.1, 0.15) is 0 Å². The van der Waals surface area contributed by atoms with E-state index in [4.69, 9.17) is 10.5 Å². The second kappa shape index (κ2) is 6.21. The van der Waals surface area contributed by atoms with Gasteiger partial charge in [0.15, 0.2) is 0 Å². The average molecular weight is 248 g/mol. The Morgan fingerprint density at radius 1 is 1.39 bits per heavy atom. The van der Waals surface area contributed by atoms with Crippen molar-refractivity contribution in [1.82, 2.24) is 0 Å². The van der Waals surface area contributed by atoms with Gasteiger partial charge in [0.05, 0.1) is 6.61 Å². The molecule has 1 unspecified atom stereocenters. The van der Waals surface area contributed by atoms with Crippen LogP contribution in [0.3, 0.4) is 0 Å². The summed E-state index contributed by atoms with van der Waals surface area (Å²) in [4.78, 5) is 2.44. The molecule has 3 nitrogen and oxygen atoms in total. The van der Waals surface area contributed by atoms with Crippen LogP contribution in [0.5, 0.6) is 0 Å². The number of ether oxygens (including phenoxy) is 1. The summed E-state index contributed by atoms with van der Waals surface area (Å²) < 4.78 is 5.23. The summed E-state index contributed by atoms with van der Waals surface area (Å²) in [7, 11) is 1.78. The molecule has 1 aromatic rings. The summed E-state index contributed by atoms with van der Waals surface area (Å²) in [5.74, 6) is 0.674. The molecule has 1 heterocycles. The Morgan fingerprint density at radius 2 is 2.11 bits per heavy atom.